The number of nitrogens with one attached hydrogen (secondary N) is 1. The van der Waals surface area contributed by atoms with Crippen molar-refractivity contribution in [3.8, 4) is 0 Å². The summed E-state index contributed by atoms with van der Waals surface area (Å²) < 4.78 is 0. The van der Waals surface area contributed by atoms with Crippen molar-refractivity contribution in [2.24, 2.45) is 5.92 Å². The Balaban J connectivity index is 1.81. The fourth-order valence-corrected chi connectivity index (χ4v) is 2.60. The number of anilines is 2. The van der Waals surface area contributed by atoms with Crippen LogP contribution in [-0.2, 0) is 0 Å². The maximum absolute atomic E-state index is 5.91. The zero-order chi connectivity index (χ0) is 13.0. The van der Waals surface area contributed by atoms with E-state index in [1.54, 1.807) is 0 Å². The Morgan fingerprint density at radius 3 is 2.78 bits per heavy atom. The van der Waals surface area contributed by atoms with Gasteiger partial charge in [0, 0.05) is 24.5 Å². The molecule has 1 aliphatic rings. The molecule has 0 aliphatic carbocycles. The summed E-state index contributed by atoms with van der Waals surface area (Å²) in [5, 5.41) is 3.52. The smallest absolute Gasteiger partial charge is 0.0390 e. The van der Waals surface area contributed by atoms with Gasteiger partial charge >= 0.3 is 0 Å². The van der Waals surface area contributed by atoms with Crippen LogP contribution in [-0.4, -0.2) is 31.1 Å². The fraction of sp³-hybridized carbons (Fsp3) is 0.600. The van der Waals surface area contributed by atoms with E-state index in [9.17, 15) is 0 Å². The van der Waals surface area contributed by atoms with Crippen molar-refractivity contribution < 1.29 is 0 Å². The molecule has 18 heavy (non-hydrogen) atoms. The lowest BCUT2D eigenvalue weighted by Crippen LogP contribution is -2.29. The fourth-order valence-electron chi connectivity index (χ4n) is 2.60. The molecule has 0 amide bonds. The first kappa shape index (κ1) is 13.2. The van der Waals surface area contributed by atoms with Gasteiger partial charge in [-0.3, -0.25) is 0 Å². The van der Waals surface area contributed by atoms with Crippen molar-refractivity contribution in [1.82, 2.24) is 4.90 Å². The quantitative estimate of drug-likeness (QED) is 0.786. The molecule has 1 saturated heterocycles. The predicted molar refractivity (Wildman–Crippen MR) is 78.9 cm³/mol. The van der Waals surface area contributed by atoms with Crippen LogP contribution in [0.3, 0.4) is 0 Å². The van der Waals surface area contributed by atoms with Crippen LogP contribution in [0.15, 0.2) is 18.2 Å². The number of nitrogens with two attached hydrogens (primary N) is 1. The summed E-state index contributed by atoms with van der Waals surface area (Å²) in [6.07, 6.45) is 2.74. The van der Waals surface area contributed by atoms with E-state index in [1.165, 1.54) is 38.2 Å². The first-order valence-electron chi connectivity index (χ1n) is 6.98. The van der Waals surface area contributed by atoms with Gasteiger partial charge in [0.1, 0.15) is 0 Å². The normalized spacial score (nSPS) is 17.9. The van der Waals surface area contributed by atoms with E-state index < -0.39 is 0 Å². The number of benzene rings is 1. The van der Waals surface area contributed by atoms with E-state index >= 15 is 0 Å². The number of rotatable bonds is 5. The Morgan fingerprint density at radius 1 is 1.33 bits per heavy atom. The lowest BCUT2D eigenvalue weighted by molar-refractivity contribution is 0.294. The lowest BCUT2D eigenvalue weighted by Gasteiger charge is -2.21. The maximum Gasteiger partial charge on any atom is 0.0390 e. The van der Waals surface area contributed by atoms with Gasteiger partial charge in [-0.2, -0.15) is 0 Å². The largest absolute Gasteiger partial charge is 0.398 e. The highest BCUT2D eigenvalue weighted by Gasteiger charge is 2.14. The summed E-state index contributed by atoms with van der Waals surface area (Å²) in [4.78, 5) is 2.57. The zero-order valence-electron chi connectivity index (χ0n) is 11.6. The van der Waals surface area contributed by atoms with Gasteiger partial charge in [-0.15, -0.1) is 0 Å². The van der Waals surface area contributed by atoms with E-state index in [2.05, 4.69) is 30.1 Å². The van der Waals surface area contributed by atoms with E-state index in [0.29, 0.717) is 5.92 Å². The van der Waals surface area contributed by atoms with Crippen molar-refractivity contribution in [3.05, 3.63) is 23.8 Å². The van der Waals surface area contributed by atoms with Crippen molar-refractivity contribution in [2.75, 3.05) is 37.2 Å². The van der Waals surface area contributed by atoms with Crippen LogP contribution in [0.4, 0.5) is 11.4 Å². The second-order valence-electron chi connectivity index (χ2n) is 5.51. The van der Waals surface area contributed by atoms with Gasteiger partial charge in [0.2, 0.25) is 0 Å². The number of hydrogen-bond donors (Lipinski definition) is 2. The molecule has 0 saturated carbocycles. The Labute approximate surface area is 110 Å². The Morgan fingerprint density at radius 2 is 2.06 bits per heavy atom. The van der Waals surface area contributed by atoms with Crippen LogP contribution >= 0.6 is 0 Å². The van der Waals surface area contributed by atoms with Gasteiger partial charge in [-0.25, -0.2) is 0 Å². The predicted octanol–water partition coefficient (Wildman–Crippen LogP) is 2.72. The third-order valence-electron chi connectivity index (χ3n) is 3.79. The molecule has 100 valence electrons. The van der Waals surface area contributed by atoms with Crippen molar-refractivity contribution in [2.45, 2.75) is 26.7 Å². The highest BCUT2D eigenvalue weighted by Crippen LogP contribution is 2.20. The first-order valence-corrected chi connectivity index (χ1v) is 6.98. The van der Waals surface area contributed by atoms with E-state index in [-0.39, 0.29) is 0 Å². The monoisotopic (exact) mass is 247 g/mol. The summed E-state index contributed by atoms with van der Waals surface area (Å²) in [6, 6.07) is 6.07. The molecule has 1 fully saturated rings. The molecule has 1 heterocycles. The van der Waals surface area contributed by atoms with Crippen molar-refractivity contribution in [3.63, 3.8) is 0 Å². The van der Waals surface area contributed by atoms with Crippen LogP contribution in [0, 0.1) is 12.8 Å². The molecule has 3 N–H and O–H groups in total. The molecule has 0 spiro atoms. The highest BCUT2D eigenvalue weighted by atomic mass is 15.1. The van der Waals surface area contributed by atoms with Crippen LogP contribution in [0.5, 0.6) is 0 Å². The molecular weight excluding hydrogens is 222 g/mol. The minimum atomic E-state index is 0.670. The minimum Gasteiger partial charge on any atom is -0.398 e. The van der Waals surface area contributed by atoms with Gasteiger partial charge in [0.25, 0.3) is 0 Å². The number of nitrogens with zero attached hydrogens (tertiary/aromatic N) is 1. The summed E-state index contributed by atoms with van der Waals surface area (Å²) in [7, 11) is 0. The molecule has 1 atom stereocenters. The van der Waals surface area contributed by atoms with E-state index in [0.717, 1.165) is 17.8 Å². The molecule has 3 nitrogen and oxygen atoms in total. The van der Waals surface area contributed by atoms with Crippen LogP contribution in [0.2, 0.25) is 0 Å². The van der Waals surface area contributed by atoms with Gasteiger partial charge in [-0.05, 0) is 56.5 Å². The molecule has 0 aromatic heterocycles. The Hall–Kier alpha value is -1.22. The average Bonchev–Trinajstić information content (AvgIpc) is 2.84. The molecule has 1 aliphatic heterocycles. The standard InChI is InChI=1S/C15H25N3/c1-12(11-18-8-3-4-9-18)10-17-15-7-5-6-14(16)13(15)2/h5-7,12,17H,3-4,8-11,16H2,1-2H3. The molecule has 3 heteroatoms. The molecule has 1 aromatic rings. The van der Waals surface area contributed by atoms with E-state index in [4.69, 9.17) is 5.73 Å². The number of hydrogen-bond acceptors (Lipinski definition) is 3. The van der Waals surface area contributed by atoms with Gasteiger partial charge in [-0.1, -0.05) is 13.0 Å². The second-order valence-corrected chi connectivity index (χ2v) is 5.51. The summed E-state index contributed by atoms with van der Waals surface area (Å²) in [6.45, 7) is 9.16. The molecule has 1 aromatic carbocycles. The molecule has 2 rings (SSSR count). The highest BCUT2D eigenvalue weighted by molar-refractivity contribution is 5.62. The molecular formula is C15H25N3. The van der Waals surface area contributed by atoms with Gasteiger partial charge < -0.3 is 16.0 Å². The Bertz CT molecular complexity index is 383. The third-order valence-corrected chi connectivity index (χ3v) is 3.79. The first-order chi connectivity index (χ1) is 8.66. The Kier molecular flexibility index (Phi) is 4.48. The third kappa shape index (κ3) is 3.39. The maximum atomic E-state index is 5.91. The average molecular weight is 247 g/mol. The van der Waals surface area contributed by atoms with Gasteiger partial charge in [0.05, 0.1) is 0 Å². The minimum absolute atomic E-state index is 0.670. The summed E-state index contributed by atoms with van der Waals surface area (Å²) in [5.74, 6) is 0.670. The summed E-state index contributed by atoms with van der Waals surface area (Å²) in [5.41, 5.74) is 9.11. The van der Waals surface area contributed by atoms with E-state index in [1.807, 2.05) is 12.1 Å². The number of nitrogen functional groups attached to an aromatic ring is 1. The molecule has 1 unspecified atom stereocenters. The topological polar surface area (TPSA) is 41.3 Å². The summed E-state index contributed by atoms with van der Waals surface area (Å²) >= 11 is 0. The lowest BCUT2D eigenvalue weighted by atomic mass is 10.1. The SMILES string of the molecule is Cc1c(N)cccc1NCC(C)CN1CCCC1. The zero-order valence-corrected chi connectivity index (χ0v) is 11.6. The van der Waals surface area contributed by atoms with Crippen LogP contribution in [0.1, 0.15) is 25.3 Å². The number of likely N-dealkylation sites (tertiary alicyclic amines) is 1. The van der Waals surface area contributed by atoms with Crippen molar-refractivity contribution in [1.29, 1.82) is 0 Å². The molecule has 0 radical (unpaired) electrons. The van der Waals surface area contributed by atoms with Crippen LogP contribution < -0.4 is 11.1 Å². The molecule has 0 bridgehead atoms. The van der Waals surface area contributed by atoms with Crippen LogP contribution in [0.25, 0.3) is 0 Å². The second kappa shape index (κ2) is 6.10. The van der Waals surface area contributed by atoms with Gasteiger partial charge in [0.15, 0.2) is 0 Å². The van der Waals surface area contributed by atoms with Crippen molar-refractivity contribution >= 4 is 11.4 Å².